The lowest BCUT2D eigenvalue weighted by Gasteiger charge is -2.10. The Morgan fingerprint density at radius 2 is 2.06 bits per heavy atom. The van der Waals surface area contributed by atoms with Gasteiger partial charge in [0, 0.05) is 6.54 Å². The third-order valence-electron chi connectivity index (χ3n) is 2.31. The molecule has 0 aliphatic rings. The van der Waals surface area contributed by atoms with Crippen LogP contribution in [-0.2, 0) is 10.0 Å². The van der Waals surface area contributed by atoms with E-state index in [9.17, 15) is 8.42 Å². The van der Waals surface area contributed by atoms with Crippen molar-refractivity contribution >= 4 is 10.0 Å². The quantitative estimate of drug-likeness (QED) is 0.756. The van der Waals surface area contributed by atoms with E-state index in [1.165, 1.54) is 0 Å². The first-order valence-electron chi connectivity index (χ1n) is 5.66. The van der Waals surface area contributed by atoms with Gasteiger partial charge in [0.2, 0.25) is 10.0 Å². The SMILES string of the molecule is CCC(C#N)S(=O)(=O)NCCOc1ccccc1. The molecule has 0 amide bonds. The number of hydrogen-bond donors (Lipinski definition) is 1. The highest BCUT2D eigenvalue weighted by Gasteiger charge is 2.22. The summed E-state index contributed by atoms with van der Waals surface area (Å²) >= 11 is 0. The van der Waals surface area contributed by atoms with Gasteiger partial charge in [-0.25, -0.2) is 13.1 Å². The average Bonchev–Trinajstić information content (AvgIpc) is 2.37. The molecule has 1 unspecified atom stereocenters. The van der Waals surface area contributed by atoms with Gasteiger partial charge in [-0.2, -0.15) is 5.26 Å². The zero-order valence-corrected chi connectivity index (χ0v) is 11.0. The van der Waals surface area contributed by atoms with E-state index >= 15 is 0 Å². The van der Waals surface area contributed by atoms with Gasteiger partial charge in [-0.1, -0.05) is 25.1 Å². The molecule has 0 saturated carbocycles. The number of sulfonamides is 1. The molecule has 0 bridgehead atoms. The van der Waals surface area contributed by atoms with Crippen LogP contribution in [0.15, 0.2) is 30.3 Å². The molecule has 0 aliphatic heterocycles. The van der Waals surface area contributed by atoms with Crippen molar-refractivity contribution in [2.24, 2.45) is 0 Å². The van der Waals surface area contributed by atoms with Gasteiger partial charge >= 0.3 is 0 Å². The van der Waals surface area contributed by atoms with E-state index in [1.807, 2.05) is 18.2 Å². The van der Waals surface area contributed by atoms with Crippen molar-refractivity contribution in [3.8, 4) is 11.8 Å². The number of nitrogens with zero attached hydrogens (tertiary/aromatic N) is 1. The van der Waals surface area contributed by atoms with E-state index in [-0.39, 0.29) is 19.6 Å². The van der Waals surface area contributed by atoms with Gasteiger partial charge in [-0.3, -0.25) is 0 Å². The summed E-state index contributed by atoms with van der Waals surface area (Å²) in [6.07, 6.45) is 0.269. The fourth-order valence-electron chi connectivity index (χ4n) is 1.35. The molecule has 1 rings (SSSR count). The molecule has 6 heteroatoms. The molecule has 1 aromatic carbocycles. The Balaban J connectivity index is 2.36. The first-order chi connectivity index (χ1) is 8.60. The highest BCUT2D eigenvalue weighted by molar-refractivity contribution is 7.90. The summed E-state index contributed by atoms with van der Waals surface area (Å²) < 4.78 is 30.9. The number of nitriles is 1. The summed E-state index contributed by atoms with van der Waals surface area (Å²) in [7, 11) is -3.57. The lowest BCUT2D eigenvalue weighted by Crippen LogP contribution is -2.35. The number of benzene rings is 1. The fraction of sp³-hybridized carbons (Fsp3) is 0.417. The summed E-state index contributed by atoms with van der Waals surface area (Å²) in [4.78, 5) is 0. The molecule has 1 aromatic rings. The average molecular weight is 268 g/mol. The molecule has 0 aromatic heterocycles. The van der Waals surface area contributed by atoms with Gasteiger partial charge in [0.05, 0.1) is 6.07 Å². The van der Waals surface area contributed by atoms with Crippen molar-refractivity contribution < 1.29 is 13.2 Å². The van der Waals surface area contributed by atoms with Gasteiger partial charge in [0.1, 0.15) is 12.4 Å². The molecular formula is C12H16N2O3S. The second-order valence-corrected chi connectivity index (χ2v) is 5.57. The van der Waals surface area contributed by atoms with Crippen molar-refractivity contribution in [2.45, 2.75) is 18.6 Å². The second kappa shape index (κ2) is 6.99. The predicted octanol–water partition coefficient (Wildman–Crippen LogP) is 1.29. The lowest BCUT2D eigenvalue weighted by molar-refractivity contribution is 0.322. The Labute approximate surface area is 107 Å². The van der Waals surface area contributed by atoms with Gasteiger partial charge in [-0.15, -0.1) is 0 Å². The maximum Gasteiger partial charge on any atom is 0.228 e. The molecule has 0 heterocycles. The van der Waals surface area contributed by atoms with Crippen LogP contribution in [0.25, 0.3) is 0 Å². The van der Waals surface area contributed by atoms with E-state index in [2.05, 4.69) is 4.72 Å². The van der Waals surface area contributed by atoms with E-state index in [0.717, 1.165) is 0 Å². The van der Waals surface area contributed by atoms with Crippen LogP contribution in [0.4, 0.5) is 0 Å². The van der Waals surface area contributed by atoms with E-state index < -0.39 is 15.3 Å². The smallest absolute Gasteiger partial charge is 0.228 e. The molecule has 18 heavy (non-hydrogen) atoms. The Kier molecular flexibility index (Phi) is 5.62. The third-order valence-corrected chi connectivity index (χ3v) is 4.10. The molecule has 0 saturated heterocycles. The summed E-state index contributed by atoms with van der Waals surface area (Å²) in [5, 5.41) is 7.69. The molecule has 1 atom stereocenters. The molecule has 0 radical (unpaired) electrons. The van der Waals surface area contributed by atoms with Crippen molar-refractivity contribution in [3.63, 3.8) is 0 Å². The van der Waals surface area contributed by atoms with Crippen LogP contribution in [-0.4, -0.2) is 26.8 Å². The number of hydrogen-bond acceptors (Lipinski definition) is 4. The van der Waals surface area contributed by atoms with Gasteiger partial charge in [0.15, 0.2) is 5.25 Å². The van der Waals surface area contributed by atoms with E-state index in [4.69, 9.17) is 10.00 Å². The Bertz CT molecular complexity index is 494. The Morgan fingerprint density at radius 3 is 2.61 bits per heavy atom. The van der Waals surface area contributed by atoms with E-state index in [0.29, 0.717) is 5.75 Å². The standard InChI is InChI=1S/C12H16N2O3S/c1-2-12(10-13)18(15,16)14-8-9-17-11-6-4-3-5-7-11/h3-7,12,14H,2,8-9H2,1H3. The number of nitrogens with one attached hydrogen (secondary N) is 1. The molecule has 98 valence electrons. The highest BCUT2D eigenvalue weighted by Crippen LogP contribution is 2.07. The molecule has 1 N–H and O–H groups in total. The number of rotatable bonds is 7. The molecule has 0 fully saturated rings. The Hall–Kier alpha value is -1.58. The zero-order valence-electron chi connectivity index (χ0n) is 10.2. The first-order valence-corrected chi connectivity index (χ1v) is 7.20. The van der Waals surface area contributed by atoms with Crippen molar-refractivity contribution in [2.75, 3.05) is 13.2 Å². The number of ether oxygens (including phenoxy) is 1. The number of para-hydroxylation sites is 1. The molecule has 0 spiro atoms. The topological polar surface area (TPSA) is 79.2 Å². The third kappa shape index (κ3) is 4.35. The normalized spacial score (nSPS) is 12.7. The van der Waals surface area contributed by atoms with Crippen LogP contribution in [0, 0.1) is 11.3 Å². The maximum absolute atomic E-state index is 11.6. The van der Waals surface area contributed by atoms with Crippen molar-refractivity contribution in [1.82, 2.24) is 4.72 Å². The van der Waals surface area contributed by atoms with Gasteiger partial charge in [-0.05, 0) is 18.6 Å². The second-order valence-electron chi connectivity index (χ2n) is 3.63. The van der Waals surface area contributed by atoms with Crippen LogP contribution in [0.5, 0.6) is 5.75 Å². The van der Waals surface area contributed by atoms with Crippen LogP contribution in [0.1, 0.15) is 13.3 Å². The van der Waals surface area contributed by atoms with Crippen molar-refractivity contribution in [3.05, 3.63) is 30.3 Å². The van der Waals surface area contributed by atoms with Crippen LogP contribution in [0.3, 0.4) is 0 Å². The fourth-order valence-corrected chi connectivity index (χ4v) is 2.50. The van der Waals surface area contributed by atoms with Crippen LogP contribution >= 0.6 is 0 Å². The lowest BCUT2D eigenvalue weighted by atomic mass is 10.3. The zero-order chi connectivity index (χ0) is 13.4. The maximum atomic E-state index is 11.6. The van der Waals surface area contributed by atoms with Crippen LogP contribution < -0.4 is 9.46 Å². The molecule has 5 nitrogen and oxygen atoms in total. The highest BCUT2D eigenvalue weighted by atomic mass is 32.2. The molecular weight excluding hydrogens is 252 g/mol. The van der Waals surface area contributed by atoms with E-state index in [1.54, 1.807) is 25.1 Å². The minimum atomic E-state index is -3.57. The summed E-state index contributed by atoms with van der Waals surface area (Å²) in [6, 6.07) is 10.9. The van der Waals surface area contributed by atoms with Gasteiger partial charge in [0.25, 0.3) is 0 Å². The minimum Gasteiger partial charge on any atom is -0.492 e. The summed E-state index contributed by atoms with van der Waals surface area (Å²) in [5.74, 6) is 0.684. The monoisotopic (exact) mass is 268 g/mol. The Morgan fingerprint density at radius 1 is 1.39 bits per heavy atom. The minimum absolute atomic E-state index is 0.148. The first kappa shape index (κ1) is 14.5. The van der Waals surface area contributed by atoms with Crippen molar-refractivity contribution in [1.29, 1.82) is 5.26 Å². The largest absolute Gasteiger partial charge is 0.492 e. The van der Waals surface area contributed by atoms with Gasteiger partial charge < -0.3 is 4.74 Å². The summed E-state index contributed by atoms with van der Waals surface area (Å²) in [5.41, 5.74) is 0. The molecule has 0 aliphatic carbocycles. The van der Waals surface area contributed by atoms with Crippen LogP contribution in [0.2, 0.25) is 0 Å². The predicted molar refractivity (Wildman–Crippen MR) is 68.6 cm³/mol. The summed E-state index contributed by atoms with van der Waals surface area (Å²) in [6.45, 7) is 2.04.